The third kappa shape index (κ3) is 4.18. The maximum Gasteiger partial charge on any atom is 0.248 e. The highest BCUT2D eigenvalue weighted by Gasteiger charge is 2.28. The van der Waals surface area contributed by atoms with Crippen LogP contribution in [0.3, 0.4) is 0 Å². The predicted molar refractivity (Wildman–Crippen MR) is 93.8 cm³/mol. The summed E-state index contributed by atoms with van der Waals surface area (Å²) in [5.74, 6) is 0.637. The van der Waals surface area contributed by atoms with E-state index in [9.17, 15) is 4.79 Å². The van der Waals surface area contributed by atoms with Crippen LogP contribution < -0.4 is 10.6 Å². The van der Waals surface area contributed by atoms with E-state index in [0.717, 1.165) is 18.5 Å². The van der Waals surface area contributed by atoms with E-state index in [1.165, 1.54) is 6.20 Å². The van der Waals surface area contributed by atoms with Crippen molar-refractivity contribution >= 4 is 35.0 Å². The summed E-state index contributed by atoms with van der Waals surface area (Å²) < 4.78 is 1.67. The summed E-state index contributed by atoms with van der Waals surface area (Å²) >= 11 is 6.16. The lowest BCUT2D eigenvalue weighted by atomic mass is 10.2. The minimum atomic E-state index is -0.468. The summed E-state index contributed by atoms with van der Waals surface area (Å²) in [6.07, 6.45) is 6.79. The summed E-state index contributed by atoms with van der Waals surface area (Å²) in [5.41, 5.74) is 0.770. The molecule has 1 saturated heterocycles. The molecular formula is C15H20ClN7O2. The minimum Gasteiger partial charge on any atom is -0.387 e. The van der Waals surface area contributed by atoms with Gasteiger partial charge in [0.2, 0.25) is 11.9 Å². The van der Waals surface area contributed by atoms with Gasteiger partial charge in [-0.05, 0) is 12.8 Å². The number of aromatic nitrogens is 4. The lowest BCUT2D eigenvalue weighted by molar-refractivity contribution is -0.134. The van der Waals surface area contributed by atoms with Crippen molar-refractivity contribution in [2.45, 2.75) is 18.9 Å². The van der Waals surface area contributed by atoms with E-state index in [2.05, 4.69) is 25.7 Å². The van der Waals surface area contributed by atoms with Crippen molar-refractivity contribution in [1.82, 2.24) is 24.6 Å². The molecule has 1 amide bonds. The number of rotatable bonds is 6. The van der Waals surface area contributed by atoms with Gasteiger partial charge in [0.05, 0.1) is 18.1 Å². The van der Waals surface area contributed by atoms with Crippen LogP contribution in [0.4, 0.5) is 17.5 Å². The van der Waals surface area contributed by atoms with Crippen LogP contribution in [0.25, 0.3) is 0 Å². The number of likely N-dealkylation sites (tertiary alicyclic amines) is 1. The quantitative estimate of drug-likeness (QED) is 0.700. The van der Waals surface area contributed by atoms with Crippen molar-refractivity contribution in [3.63, 3.8) is 0 Å². The van der Waals surface area contributed by atoms with Crippen LogP contribution in [0.5, 0.6) is 0 Å². The van der Waals surface area contributed by atoms with Gasteiger partial charge in [-0.1, -0.05) is 11.6 Å². The van der Waals surface area contributed by atoms with Gasteiger partial charge in [-0.3, -0.25) is 9.48 Å². The number of amides is 1. The molecule has 134 valence electrons. The Kier molecular flexibility index (Phi) is 5.34. The summed E-state index contributed by atoms with van der Waals surface area (Å²) in [4.78, 5) is 22.0. The molecule has 0 spiro atoms. The monoisotopic (exact) mass is 365 g/mol. The van der Waals surface area contributed by atoms with Crippen molar-refractivity contribution < 1.29 is 9.90 Å². The Hall–Kier alpha value is -2.39. The highest BCUT2D eigenvalue weighted by molar-refractivity contribution is 6.32. The Balaban J connectivity index is 1.65. The zero-order valence-corrected chi connectivity index (χ0v) is 14.6. The Labute approximate surface area is 150 Å². The number of aryl methyl sites for hydroxylation is 1. The van der Waals surface area contributed by atoms with Crippen LogP contribution in [-0.2, 0) is 11.8 Å². The molecule has 1 atom stereocenters. The molecule has 9 nitrogen and oxygen atoms in total. The Morgan fingerprint density at radius 1 is 1.48 bits per heavy atom. The second-order valence-electron chi connectivity index (χ2n) is 5.84. The van der Waals surface area contributed by atoms with Gasteiger partial charge in [-0.25, -0.2) is 4.98 Å². The van der Waals surface area contributed by atoms with Gasteiger partial charge in [0, 0.05) is 32.4 Å². The fourth-order valence-electron chi connectivity index (χ4n) is 2.85. The van der Waals surface area contributed by atoms with E-state index in [0.29, 0.717) is 29.9 Å². The van der Waals surface area contributed by atoms with E-state index >= 15 is 0 Å². The number of aliphatic hydroxyl groups excluding tert-OH is 1. The molecule has 1 aliphatic heterocycles. The summed E-state index contributed by atoms with van der Waals surface area (Å²) in [6, 6.07) is 0.0143. The predicted octanol–water partition coefficient (Wildman–Crippen LogP) is 1.00. The molecule has 1 fully saturated rings. The molecule has 1 aliphatic rings. The molecule has 3 rings (SSSR count). The first-order valence-electron chi connectivity index (χ1n) is 7.99. The van der Waals surface area contributed by atoms with E-state index in [4.69, 9.17) is 16.7 Å². The zero-order valence-electron chi connectivity index (χ0n) is 13.8. The van der Waals surface area contributed by atoms with Crippen LogP contribution in [-0.4, -0.2) is 61.4 Å². The topological polar surface area (TPSA) is 108 Å². The van der Waals surface area contributed by atoms with Crippen molar-refractivity contribution in [3.05, 3.63) is 23.6 Å². The third-order valence-electron chi connectivity index (χ3n) is 4.04. The smallest absolute Gasteiger partial charge is 0.248 e. The fraction of sp³-hybridized carbons (Fsp3) is 0.467. The van der Waals surface area contributed by atoms with E-state index < -0.39 is 6.61 Å². The molecule has 10 heteroatoms. The number of nitrogens with zero attached hydrogens (tertiary/aromatic N) is 5. The molecule has 0 bridgehead atoms. The average molecular weight is 366 g/mol. The second-order valence-corrected chi connectivity index (χ2v) is 6.25. The molecule has 0 radical (unpaired) electrons. The summed E-state index contributed by atoms with van der Waals surface area (Å²) in [7, 11) is 1.82. The highest BCUT2D eigenvalue weighted by Crippen LogP contribution is 2.23. The lowest BCUT2D eigenvalue weighted by Crippen LogP contribution is -2.41. The molecule has 0 unspecified atom stereocenters. The number of halogens is 1. The molecular weight excluding hydrogens is 346 g/mol. The van der Waals surface area contributed by atoms with Crippen LogP contribution in [0.1, 0.15) is 12.8 Å². The number of carbonyl (C=O) groups excluding carboxylic acids is 1. The van der Waals surface area contributed by atoms with Crippen molar-refractivity contribution in [3.8, 4) is 0 Å². The van der Waals surface area contributed by atoms with E-state index in [-0.39, 0.29) is 11.9 Å². The van der Waals surface area contributed by atoms with Crippen LogP contribution in [0, 0.1) is 0 Å². The van der Waals surface area contributed by atoms with Gasteiger partial charge in [0.1, 0.15) is 11.6 Å². The largest absolute Gasteiger partial charge is 0.387 e. The number of hydrogen-bond acceptors (Lipinski definition) is 7. The van der Waals surface area contributed by atoms with Gasteiger partial charge in [-0.15, -0.1) is 0 Å². The number of anilines is 3. The zero-order chi connectivity index (χ0) is 17.8. The lowest BCUT2D eigenvalue weighted by Gasteiger charge is -2.24. The molecule has 0 aliphatic carbocycles. The number of carbonyl (C=O) groups is 1. The van der Waals surface area contributed by atoms with Gasteiger partial charge in [0.25, 0.3) is 0 Å². The second kappa shape index (κ2) is 7.66. The summed E-state index contributed by atoms with van der Waals surface area (Å²) in [6.45, 7) is 0.704. The van der Waals surface area contributed by atoms with Crippen LogP contribution in [0.15, 0.2) is 18.6 Å². The maximum absolute atomic E-state index is 11.7. The molecule has 3 N–H and O–H groups in total. The molecule has 3 heterocycles. The molecule has 25 heavy (non-hydrogen) atoms. The molecule has 2 aromatic heterocycles. The Morgan fingerprint density at radius 2 is 2.32 bits per heavy atom. The van der Waals surface area contributed by atoms with E-state index in [1.807, 2.05) is 13.2 Å². The van der Waals surface area contributed by atoms with Gasteiger partial charge < -0.3 is 20.6 Å². The fourth-order valence-corrected chi connectivity index (χ4v) is 3.01. The highest BCUT2D eigenvalue weighted by atomic mass is 35.5. The summed E-state index contributed by atoms with van der Waals surface area (Å²) in [5, 5.41) is 19.8. The standard InChI is InChI=1S/C15H20ClN7O2/c1-22-8-10(5-19-22)20-15-18-7-12(16)14(21-15)17-6-11-3-2-4-23(11)13(25)9-24/h5,7-8,11,24H,2-4,6,9H2,1H3,(H2,17,18,20,21)/t11-/m1/s1. The van der Waals surface area contributed by atoms with Gasteiger partial charge in [0.15, 0.2) is 5.82 Å². The minimum absolute atomic E-state index is 0.0143. The van der Waals surface area contributed by atoms with Crippen molar-refractivity contribution in [2.24, 2.45) is 7.05 Å². The average Bonchev–Trinajstić information content (AvgIpc) is 3.23. The first kappa shape index (κ1) is 17.4. The normalized spacial score (nSPS) is 16.9. The SMILES string of the molecule is Cn1cc(Nc2ncc(Cl)c(NC[C@H]3CCCN3C(=O)CO)n2)cn1. The van der Waals surface area contributed by atoms with Crippen molar-refractivity contribution in [2.75, 3.05) is 30.3 Å². The van der Waals surface area contributed by atoms with Crippen LogP contribution in [0.2, 0.25) is 5.02 Å². The number of nitrogens with one attached hydrogen (secondary N) is 2. The van der Waals surface area contributed by atoms with Gasteiger partial charge in [-0.2, -0.15) is 10.1 Å². The van der Waals surface area contributed by atoms with Gasteiger partial charge >= 0.3 is 0 Å². The molecule has 0 saturated carbocycles. The number of hydrogen-bond donors (Lipinski definition) is 3. The van der Waals surface area contributed by atoms with Crippen molar-refractivity contribution in [1.29, 1.82) is 0 Å². The molecule has 2 aromatic rings. The molecule has 0 aromatic carbocycles. The van der Waals surface area contributed by atoms with Crippen LogP contribution >= 0.6 is 11.6 Å². The maximum atomic E-state index is 11.7. The Morgan fingerprint density at radius 3 is 3.04 bits per heavy atom. The first-order chi connectivity index (χ1) is 12.1. The first-order valence-corrected chi connectivity index (χ1v) is 8.37. The Bertz CT molecular complexity index is 751. The van der Waals surface area contributed by atoms with E-state index in [1.54, 1.807) is 15.8 Å². The third-order valence-corrected chi connectivity index (χ3v) is 4.32. The number of aliphatic hydroxyl groups is 1.